The molecule has 0 saturated carbocycles. The zero-order valence-corrected chi connectivity index (χ0v) is 15.7. The Hall–Kier alpha value is -3.67. The van der Waals surface area contributed by atoms with Gasteiger partial charge in [0, 0.05) is 24.7 Å². The SMILES string of the molecule is Cc1ccc(OCc2ccccc2)c(N(C)C(=O)c2ccc([N+](=O)[O-])cc2)c1. The van der Waals surface area contributed by atoms with Crippen LogP contribution in [0, 0.1) is 17.0 Å². The fraction of sp³-hybridized carbons (Fsp3) is 0.136. The highest BCUT2D eigenvalue weighted by Crippen LogP contribution is 2.30. The molecule has 28 heavy (non-hydrogen) atoms. The standard InChI is InChI=1S/C22H20N2O4/c1-16-8-13-21(28-15-17-6-4-3-5-7-17)20(14-16)23(2)22(25)18-9-11-19(12-10-18)24(26)27/h3-14H,15H2,1-2H3. The van der Waals surface area contributed by atoms with E-state index >= 15 is 0 Å². The summed E-state index contributed by atoms with van der Waals surface area (Å²) in [6.07, 6.45) is 0. The second-order valence-electron chi connectivity index (χ2n) is 6.41. The van der Waals surface area contributed by atoms with Crippen LogP contribution in [-0.2, 0) is 6.61 Å². The van der Waals surface area contributed by atoms with Crippen molar-refractivity contribution in [2.45, 2.75) is 13.5 Å². The summed E-state index contributed by atoms with van der Waals surface area (Å²) in [5.74, 6) is 0.317. The number of nitro benzene ring substituents is 1. The van der Waals surface area contributed by atoms with E-state index in [1.807, 2.05) is 55.5 Å². The first kappa shape index (κ1) is 19.1. The van der Waals surface area contributed by atoms with Crippen molar-refractivity contribution in [2.75, 3.05) is 11.9 Å². The first-order valence-electron chi connectivity index (χ1n) is 8.75. The van der Waals surface area contributed by atoms with Crippen molar-refractivity contribution >= 4 is 17.3 Å². The molecule has 0 aliphatic rings. The van der Waals surface area contributed by atoms with Crippen LogP contribution in [0.5, 0.6) is 5.75 Å². The molecule has 0 heterocycles. The van der Waals surface area contributed by atoms with E-state index in [1.165, 1.54) is 29.2 Å². The molecule has 6 nitrogen and oxygen atoms in total. The number of amides is 1. The number of carbonyl (C=O) groups excluding carboxylic acids is 1. The van der Waals surface area contributed by atoms with E-state index in [9.17, 15) is 14.9 Å². The molecule has 6 heteroatoms. The van der Waals surface area contributed by atoms with Crippen LogP contribution in [0.4, 0.5) is 11.4 Å². The van der Waals surface area contributed by atoms with Crippen molar-refractivity contribution < 1.29 is 14.5 Å². The van der Waals surface area contributed by atoms with Crippen LogP contribution < -0.4 is 9.64 Å². The lowest BCUT2D eigenvalue weighted by Crippen LogP contribution is -2.26. The Morgan fingerprint density at radius 2 is 1.71 bits per heavy atom. The van der Waals surface area contributed by atoms with Gasteiger partial charge in [-0.3, -0.25) is 14.9 Å². The number of benzene rings is 3. The molecule has 0 N–H and O–H groups in total. The molecule has 0 aliphatic carbocycles. The highest BCUT2D eigenvalue weighted by atomic mass is 16.6. The summed E-state index contributed by atoms with van der Waals surface area (Å²) < 4.78 is 5.95. The van der Waals surface area contributed by atoms with Gasteiger partial charge in [-0.15, -0.1) is 0 Å². The fourth-order valence-corrected chi connectivity index (χ4v) is 2.78. The van der Waals surface area contributed by atoms with Crippen molar-refractivity contribution in [3.8, 4) is 5.75 Å². The number of nitrogens with zero attached hydrogens (tertiary/aromatic N) is 2. The lowest BCUT2D eigenvalue weighted by atomic mass is 10.1. The number of hydrogen-bond acceptors (Lipinski definition) is 4. The van der Waals surface area contributed by atoms with E-state index in [2.05, 4.69) is 0 Å². The number of carbonyl (C=O) groups is 1. The Morgan fingerprint density at radius 3 is 2.36 bits per heavy atom. The molecule has 0 fully saturated rings. The molecule has 0 aliphatic heterocycles. The molecule has 0 atom stereocenters. The third-order valence-electron chi connectivity index (χ3n) is 4.34. The lowest BCUT2D eigenvalue weighted by Gasteiger charge is -2.21. The fourth-order valence-electron chi connectivity index (χ4n) is 2.78. The van der Waals surface area contributed by atoms with Crippen LogP contribution in [0.25, 0.3) is 0 Å². The lowest BCUT2D eigenvalue weighted by molar-refractivity contribution is -0.384. The number of ether oxygens (including phenoxy) is 1. The van der Waals surface area contributed by atoms with Crippen molar-refractivity contribution in [3.05, 3.63) is 99.6 Å². The van der Waals surface area contributed by atoms with Gasteiger partial charge in [-0.2, -0.15) is 0 Å². The summed E-state index contributed by atoms with van der Waals surface area (Å²) in [6, 6.07) is 21.0. The molecule has 0 bridgehead atoms. The van der Waals surface area contributed by atoms with Gasteiger partial charge in [0.25, 0.3) is 11.6 Å². The number of non-ortho nitro benzene ring substituents is 1. The zero-order chi connectivity index (χ0) is 20.1. The third kappa shape index (κ3) is 4.35. The quantitative estimate of drug-likeness (QED) is 0.459. The van der Waals surface area contributed by atoms with Gasteiger partial charge in [0.1, 0.15) is 12.4 Å². The van der Waals surface area contributed by atoms with Crippen LogP contribution in [0.1, 0.15) is 21.5 Å². The predicted octanol–water partition coefficient (Wildman–Crippen LogP) is 4.76. The minimum Gasteiger partial charge on any atom is -0.487 e. The van der Waals surface area contributed by atoms with Gasteiger partial charge in [0.2, 0.25) is 0 Å². The molecule has 0 unspecified atom stereocenters. The number of hydrogen-bond donors (Lipinski definition) is 0. The highest BCUT2D eigenvalue weighted by molar-refractivity contribution is 6.06. The van der Waals surface area contributed by atoms with Gasteiger partial charge < -0.3 is 9.64 Å². The molecular formula is C22H20N2O4. The van der Waals surface area contributed by atoms with Crippen molar-refractivity contribution in [2.24, 2.45) is 0 Å². The van der Waals surface area contributed by atoms with E-state index in [1.54, 1.807) is 7.05 Å². The smallest absolute Gasteiger partial charge is 0.269 e. The largest absolute Gasteiger partial charge is 0.487 e. The molecule has 1 amide bonds. The molecular weight excluding hydrogens is 356 g/mol. The summed E-state index contributed by atoms with van der Waals surface area (Å²) >= 11 is 0. The normalized spacial score (nSPS) is 10.4. The summed E-state index contributed by atoms with van der Waals surface area (Å²) in [7, 11) is 1.66. The predicted molar refractivity (Wildman–Crippen MR) is 108 cm³/mol. The molecule has 0 spiro atoms. The third-order valence-corrected chi connectivity index (χ3v) is 4.34. The number of rotatable bonds is 6. The first-order chi connectivity index (χ1) is 13.5. The molecule has 3 rings (SSSR count). The maximum Gasteiger partial charge on any atom is 0.269 e. The summed E-state index contributed by atoms with van der Waals surface area (Å²) in [4.78, 5) is 24.7. The molecule has 3 aromatic carbocycles. The summed E-state index contributed by atoms with van der Waals surface area (Å²) in [6.45, 7) is 2.32. The summed E-state index contributed by atoms with van der Waals surface area (Å²) in [5.41, 5.74) is 2.97. The average Bonchev–Trinajstić information content (AvgIpc) is 2.72. The Balaban J connectivity index is 1.83. The minimum atomic E-state index is -0.492. The maximum atomic E-state index is 12.9. The minimum absolute atomic E-state index is 0.0540. The first-order valence-corrected chi connectivity index (χ1v) is 8.75. The second kappa shape index (κ2) is 8.35. The Morgan fingerprint density at radius 1 is 1.04 bits per heavy atom. The van der Waals surface area contributed by atoms with Gasteiger partial charge in [0.15, 0.2) is 0 Å². The van der Waals surface area contributed by atoms with Crippen molar-refractivity contribution in [1.29, 1.82) is 0 Å². The van der Waals surface area contributed by atoms with Crippen molar-refractivity contribution in [3.63, 3.8) is 0 Å². The van der Waals surface area contributed by atoms with Crippen LogP contribution in [0.15, 0.2) is 72.8 Å². The van der Waals surface area contributed by atoms with Crippen molar-refractivity contribution in [1.82, 2.24) is 0 Å². The van der Waals surface area contributed by atoms with Gasteiger partial charge in [-0.05, 0) is 42.3 Å². The Bertz CT molecular complexity index is 985. The maximum absolute atomic E-state index is 12.9. The van der Waals surface area contributed by atoms with E-state index < -0.39 is 4.92 Å². The second-order valence-corrected chi connectivity index (χ2v) is 6.41. The number of nitro groups is 1. The van der Waals surface area contributed by atoms with Crippen LogP contribution in [-0.4, -0.2) is 17.9 Å². The zero-order valence-electron chi connectivity index (χ0n) is 15.7. The molecule has 0 radical (unpaired) electrons. The van der Waals surface area contributed by atoms with Gasteiger partial charge in [-0.1, -0.05) is 36.4 Å². The van der Waals surface area contributed by atoms with E-state index in [4.69, 9.17) is 4.74 Å². The molecule has 0 aromatic heterocycles. The topological polar surface area (TPSA) is 72.7 Å². The highest BCUT2D eigenvalue weighted by Gasteiger charge is 2.18. The van der Waals surface area contributed by atoms with E-state index in [0.29, 0.717) is 23.6 Å². The summed E-state index contributed by atoms with van der Waals surface area (Å²) in [5, 5.41) is 10.8. The van der Waals surface area contributed by atoms with Crippen LogP contribution in [0.2, 0.25) is 0 Å². The molecule has 3 aromatic rings. The van der Waals surface area contributed by atoms with E-state index in [0.717, 1.165) is 11.1 Å². The van der Waals surface area contributed by atoms with Crippen LogP contribution >= 0.6 is 0 Å². The molecule has 0 saturated heterocycles. The number of aryl methyl sites for hydroxylation is 1. The van der Waals surface area contributed by atoms with E-state index in [-0.39, 0.29) is 11.6 Å². The Kier molecular flexibility index (Phi) is 5.69. The number of anilines is 1. The van der Waals surface area contributed by atoms with Crippen LogP contribution in [0.3, 0.4) is 0 Å². The van der Waals surface area contributed by atoms with Gasteiger partial charge in [-0.25, -0.2) is 0 Å². The Labute approximate surface area is 163 Å². The van der Waals surface area contributed by atoms with Gasteiger partial charge in [0.05, 0.1) is 10.6 Å². The monoisotopic (exact) mass is 376 g/mol. The average molecular weight is 376 g/mol. The van der Waals surface area contributed by atoms with Gasteiger partial charge >= 0.3 is 0 Å². The molecule has 142 valence electrons.